The molecule has 1 aliphatic rings. The number of aliphatic hydroxyl groups excluding tert-OH is 1. The number of nitrogens with one attached hydrogen (secondary N) is 1. The monoisotopic (exact) mass is 406 g/mol. The highest BCUT2D eigenvalue weighted by Gasteiger charge is 2.19. The highest BCUT2D eigenvalue weighted by atomic mass is 16.5. The predicted octanol–water partition coefficient (Wildman–Crippen LogP) is 2.83. The average Bonchev–Trinajstić information content (AvgIpc) is 2.76. The summed E-state index contributed by atoms with van der Waals surface area (Å²) in [6.45, 7) is 6.20. The first-order valence-electron chi connectivity index (χ1n) is 10.1. The smallest absolute Gasteiger partial charge is 0.232 e. The van der Waals surface area contributed by atoms with E-state index in [0.29, 0.717) is 24.3 Å². The van der Waals surface area contributed by atoms with Crippen LogP contribution in [0, 0.1) is 6.92 Å². The lowest BCUT2D eigenvalue weighted by molar-refractivity contribution is 0.188. The molecule has 0 spiro atoms. The molecule has 8 heteroatoms. The van der Waals surface area contributed by atoms with Crippen molar-refractivity contribution in [3.05, 3.63) is 60.4 Å². The van der Waals surface area contributed by atoms with Gasteiger partial charge in [-0.05, 0) is 43.3 Å². The van der Waals surface area contributed by atoms with Gasteiger partial charge in [-0.1, -0.05) is 18.2 Å². The van der Waals surface area contributed by atoms with Gasteiger partial charge in [-0.15, -0.1) is 0 Å². The predicted molar refractivity (Wildman–Crippen MR) is 117 cm³/mol. The van der Waals surface area contributed by atoms with Gasteiger partial charge in [0.2, 0.25) is 11.9 Å². The van der Waals surface area contributed by atoms with Crippen LogP contribution in [-0.4, -0.2) is 64.3 Å². The van der Waals surface area contributed by atoms with E-state index in [1.165, 1.54) is 0 Å². The Bertz CT molecular complexity index is 944. The third kappa shape index (κ3) is 5.22. The summed E-state index contributed by atoms with van der Waals surface area (Å²) < 4.78 is 5.83. The van der Waals surface area contributed by atoms with Crippen molar-refractivity contribution in [2.24, 2.45) is 0 Å². The second-order valence-electron chi connectivity index (χ2n) is 7.12. The number of ether oxygens (including phenoxy) is 1. The van der Waals surface area contributed by atoms with Crippen molar-refractivity contribution < 1.29 is 9.84 Å². The lowest BCUT2D eigenvalue weighted by Crippen LogP contribution is -2.47. The standard InChI is InChI=1S/C22H26N6O2/c1-17-23-21(26-22(24-17)28-13-11-27(12-14-28)15-16-29)25-18-7-9-20(10-8-18)30-19-5-3-2-4-6-19/h2-10,29H,11-16H2,1H3,(H,23,24,25,26). The fourth-order valence-electron chi connectivity index (χ4n) is 3.34. The van der Waals surface area contributed by atoms with E-state index < -0.39 is 0 Å². The lowest BCUT2D eigenvalue weighted by Gasteiger charge is -2.34. The molecular formula is C22H26N6O2. The van der Waals surface area contributed by atoms with Crippen LogP contribution in [0.1, 0.15) is 5.82 Å². The molecule has 2 heterocycles. The van der Waals surface area contributed by atoms with Crippen LogP contribution in [0.25, 0.3) is 0 Å². The van der Waals surface area contributed by atoms with E-state index in [-0.39, 0.29) is 6.61 Å². The van der Waals surface area contributed by atoms with Crippen molar-refractivity contribution in [1.29, 1.82) is 0 Å². The Labute approximate surface area is 176 Å². The molecule has 0 unspecified atom stereocenters. The summed E-state index contributed by atoms with van der Waals surface area (Å²) >= 11 is 0. The Balaban J connectivity index is 1.41. The second kappa shape index (κ2) is 9.51. The first kappa shape index (κ1) is 20.1. The molecule has 30 heavy (non-hydrogen) atoms. The number of anilines is 3. The van der Waals surface area contributed by atoms with Crippen LogP contribution in [-0.2, 0) is 0 Å². The number of hydrogen-bond donors (Lipinski definition) is 2. The summed E-state index contributed by atoms with van der Waals surface area (Å²) in [4.78, 5) is 17.9. The molecular weight excluding hydrogens is 380 g/mol. The highest BCUT2D eigenvalue weighted by Crippen LogP contribution is 2.24. The zero-order chi connectivity index (χ0) is 20.8. The first-order valence-corrected chi connectivity index (χ1v) is 10.1. The number of piperazine rings is 1. The van der Waals surface area contributed by atoms with Crippen LogP contribution in [0.2, 0.25) is 0 Å². The zero-order valence-electron chi connectivity index (χ0n) is 17.0. The number of aryl methyl sites for hydroxylation is 1. The summed E-state index contributed by atoms with van der Waals surface area (Å²) in [5, 5.41) is 12.4. The van der Waals surface area contributed by atoms with Crippen LogP contribution >= 0.6 is 0 Å². The number of hydrogen-bond acceptors (Lipinski definition) is 8. The molecule has 0 amide bonds. The van der Waals surface area contributed by atoms with Crippen molar-refractivity contribution in [3.8, 4) is 11.5 Å². The Morgan fingerprint density at radius 2 is 1.60 bits per heavy atom. The molecule has 0 bridgehead atoms. The Morgan fingerprint density at radius 1 is 0.900 bits per heavy atom. The fraction of sp³-hybridized carbons (Fsp3) is 0.318. The lowest BCUT2D eigenvalue weighted by atomic mass is 10.3. The van der Waals surface area contributed by atoms with E-state index in [1.54, 1.807) is 0 Å². The molecule has 4 rings (SSSR count). The SMILES string of the molecule is Cc1nc(Nc2ccc(Oc3ccccc3)cc2)nc(N2CCN(CCO)CC2)n1. The molecule has 2 aromatic carbocycles. The number of para-hydroxylation sites is 1. The Hall–Kier alpha value is -3.23. The molecule has 0 atom stereocenters. The summed E-state index contributed by atoms with van der Waals surface area (Å²) in [6, 6.07) is 17.4. The maximum absolute atomic E-state index is 9.10. The number of rotatable bonds is 7. The van der Waals surface area contributed by atoms with Gasteiger partial charge in [0.15, 0.2) is 0 Å². The molecule has 0 saturated carbocycles. The van der Waals surface area contributed by atoms with Crippen molar-refractivity contribution in [2.45, 2.75) is 6.92 Å². The van der Waals surface area contributed by atoms with Gasteiger partial charge in [0, 0.05) is 38.4 Å². The molecule has 3 aromatic rings. The van der Waals surface area contributed by atoms with E-state index in [9.17, 15) is 0 Å². The molecule has 1 aliphatic heterocycles. The van der Waals surface area contributed by atoms with Crippen LogP contribution in [0.15, 0.2) is 54.6 Å². The molecule has 8 nitrogen and oxygen atoms in total. The van der Waals surface area contributed by atoms with E-state index in [0.717, 1.165) is 43.4 Å². The van der Waals surface area contributed by atoms with Crippen molar-refractivity contribution in [3.63, 3.8) is 0 Å². The molecule has 156 valence electrons. The van der Waals surface area contributed by atoms with E-state index >= 15 is 0 Å². The normalized spacial score (nSPS) is 14.5. The Kier molecular flexibility index (Phi) is 6.36. The zero-order valence-corrected chi connectivity index (χ0v) is 17.0. The van der Waals surface area contributed by atoms with Crippen molar-refractivity contribution in [1.82, 2.24) is 19.9 Å². The summed E-state index contributed by atoms with van der Waals surface area (Å²) in [5.74, 6) is 3.43. The van der Waals surface area contributed by atoms with Gasteiger partial charge >= 0.3 is 0 Å². The fourth-order valence-corrected chi connectivity index (χ4v) is 3.34. The number of aromatic nitrogens is 3. The minimum Gasteiger partial charge on any atom is -0.457 e. The van der Waals surface area contributed by atoms with Crippen molar-refractivity contribution >= 4 is 17.6 Å². The van der Waals surface area contributed by atoms with Crippen LogP contribution in [0.5, 0.6) is 11.5 Å². The van der Waals surface area contributed by atoms with Gasteiger partial charge in [0.05, 0.1) is 6.61 Å². The summed E-state index contributed by atoms with van der Waals surface area (Å²) in [5.41, 5.74) is 0.875. The number of nitrogens with zero attached hydrogens (tertiary/aromatic N) is 5. The number of aliphatic hydroxyl groups is 1. The highest BCUT2D eigenvalue weighted by molar-refractivity contribution is 5.56. The quantitative estimate of drug-likeness (QED) is 0.619. The molecule has 1 fully saturated rings. The minimum atomic E-state index is 0.189. The van der Waals surface area contributed by atoms with Crippen LogP contribution in [0.3, 0.4) is 0 Å². The van der Waals surface area contributed by atoms with Gasteiger partial charge in [-0.25, -0.2) is 0 Å². The van der Waals surface area contributed by atoms with E-state index in [4.69, 9.17) is 9.84 Å². The summed E-state index contributed by atoms with van der Waals surface area (Å²) in [7, 11) is 0. The largest absolute Gasteiger partial charge is 0.457 e. The second-order valence-corrected chi connectivity index (χ2v) is 7.12. The van der Waals surface area contributed by atoms with Crippen molar-refractivity contribution in [2.75, 3.05) is 49.5 Å². The van der Waals surface area contributed by atoms with Gasteiger partial charge in [0.1, 0.15) is 17.3 Å². The topological polar surface area (TPSA) is 86.6 Å². The third-order valence-corrected chi connectivity index (χ3v) is 4.90. The van der Waals surface area contributed by atoms with E-state index in [1.807, 2.05) is 61.5 Å². The van der Waals surface area contributed by atoms with Gasteiger partial charge < -0.3 is 20.1 Å². The van der Waals surface area contributed by atoms with Gasteiger partial charge in [0.25, 0.3) is 0 Å². The molecule has 1 saturated heterocycles. The molecule has 1 aromatic heterocycles. The summed E-state index contributed by atoms with van der Waals surface area (Å²) in [6.07, 6.45) is 0. The molecule has 0 aliphatic carbocycles. The van der Waals surface area contributed by atoms with Gasteiger partial charge in [-0.2, -0.15) is 15.0 Å². The minimum absolute atomic E-state index is 0.189. The van der Waals surface area contributed by atoms with Crippen LogP contribution in [0.4, 0.5) is 17.6 Å². The average molecular weight is 406 g/mol. The Morgan fingerprint density at radius 3 is 2.30 bits per heavy atom. The third-order valence-electron chi connectivity index (χ3n) is 4.90. The van der Waals surface area contributed by atoms with Gasteiger partial charge in [-0.3, -0.25) is 4.90 Å². The maximum Gasteiger partial charge on any atom is 0.232 e. The maximum atomic E-state index is 9.10. The van der Waals surface area contributed by atoms with Crippen LogP contribution < -0.4 is 15.0 Å². The molecule has 0 radical (unpaired) electrons. The van der Waals surface area contributed by atoms with E-state index in [2.05, 4.69) is 30.1 Å². The number of β-amino-alcohol motifs (C(OH)–C–C–N with tert-alkyl or cyclic N) is 1. The number of benzene rings is 2. The molecule has 2 N–H and O–H groups in total. The first-order chi connectivity index (χ1) is 14.7.